The Bertz CT molecular complexity index is 399. The summed E-state index contributed by atoms with van der Waals surface area (Å²) < 4.78 is 6.44. The topological polar surface area (TPSA) is 50.4 Å². The van der Waals surface area contributed by atoms with Crippen LogP contribution in [0.4, 0.5) is 0 Å². The number of ether oxygens (including phenoxy) is 1. The fourth-order valence-corrected chi connectivity index (χ4v) is 1.99. The predicted molar refractivity (Wildman–Crippen MR) is 80.4 cm³/mol. The van der Waals surface area contributed by atoms with Gasteiger partial charge in [0.2, 0.25) is 5.91 Å². The Balaban J connectivity index is 2.19. The minimum Gasteiger partial charge on any atom is -0.492 e. The van der Waals surface area contributed by atoms with E-state index in [0.29, 0.717) is 19.6 Å². The van der Waals surface area contributed by atoms with Crippen LogP contribution in [0.15, 0.2) is 28.7 Å². The Morgan fingerprint density at radius 2 is 2.16 bits per heavy atom. The number of rotatable bonds is 8. The molecule has 4 nitrogen and oxygen atoms in total. The van der Waals surface area contributed by atoms with Gasteiger partial charge in [-0.1, -0.05) is 19.1 Å². The SMILES string of the molecule is CCN[C@H](C)CNC(=O)CCOc1ccccc1Br. The number of carbonyl (C=O) groups excluding carboxylic acids is 1. The Labute approximate surface area is 123 Å². The molecule has 0 unspecified atom stereocenters. The van der Waals surface area contributed by atoms with Crippen molar-refractivity contribution >= 4 is 21.8 Å². The lowest BCUT2D eigenvalue weighted by Crippen LogP contribution is -2.39. The number of benzene rings is 1. The van der Waals surface area contributed by atoms with Crippen molar-refractivity contribution in [2.75, 3.05) is 19.7 Å². The molecule has 106 valence electrons. The predicted octanol–water partition coefficient (Wildman–Crippen LogP) is 2.33. The van der Waals surface area contributed by atoms with Crippen LogP contribution in [-0.2, 0) is 4.79 Å². The lowest BCUT2D eigenvalue weighted by atomic mass is 10.3. The number of carbonyl (C=O) groups is 1. The molecule has 0 aliphatic carbocycles. The number of amides is 1. The minimum absolute atomic E-state index is 0.0109. The molecular weight excluding hydrogens is 308 g/mol. The van der Waals surface area contributed by atoms with E-state index in [9.17, 15) is 4.79 Å². The van der Waals surface area contributed by atoms with Crippen molar-refractivity contribution in [3.8, 4) is 5.75 Å². The van der Waals surface area contributed by atoms with Crippen LogP contribution in [0.25, 0.3) is 0 Å². The summed E-state index contributed by atoms with van der Waals surface area (Å²) in [5, 5.41) is 6.11. The molecule has 0 heterocycles. The molecule has 0 aliphatic heterocycles. The Morgan fingerprint density at radius 3 is 2.84 bits per heavy atom. The van der Waals surface area contributed by atoms with E-state index in [2.05, 4.69) is 26.6 Å². The molecule has 0 saturated heterocycles. The molecule has 0 bridgehead atoms. The second-order valence-electron chi connectivity index (χ2n) is 4.29. The van der Waals surface area contributed by atoms with Gasteiger partial charge in [-0.05, 0) is 41.5 Å². The van der Waals surface area contributed by atoms with Crippen LogP contribution in [0.3, 0.4) is 0 Å². The highest BCUT2D eigenvalue weighted by Crippen LogP contribution is 2.23. The molecule has 5 heteroatoms. The molecule has 1 aromatic carbocycles. The van der Waals surface area contributed by atoms with Crippen molar-refractivity contribution in [2.24, 2.45) is 0 Å². The molecule has 1 amide bonds. The zero-order chi connectivity index (χ0) is 14.1. The van der Waals surface area contributed by atoms with Crippen LogP contribution in [0, 0.1) is 0 Å². The number of nitrogens with one attached hydrogen (secondary N) is 2. The molecule has 1 rings (SSSR count). The summed E-state index contributed by atoms with van der Waals surface area (Å²) in [6, 6.07) is 7.89. The van der Waals surface area contributed by atoms with Gasteiger partial charge in [-0.25, -0.2) is 0 Å². The molecular formula is C14H21BrN2O2. The first-order valence-corrected chi connectivity index (χ1v) is 7.30. The third-order valence-electron chi connectivity index (χ3n) is 2.58. The zero-order valence-electron chi connectivity index (χ0n) is 11.4. The summed E-state index contributed by atoms with van der Waals surface area (Å²) in [4.78, 5) is 11.6. The smallest absolute Gasteiger partial charge is 0.223 e. The second-order valence-corrected chi connectivity index (χ2v) is 5.15. The van der Waals surface area contributed by atoms with Gasteiger partial charge in [-0.3, -0.25) is 4.79 Å². The fraction of sp³-hybridized carbons (Fsp3) is 0.500. The highest BCUT2D eigenvalue weighted by molar-refractivity contribution is 9.10. The van der Waals surface area contributed by atoms with Gasteiger partial charge in [-0.2, -0.15) is 0 Å². The average Bonchev–Trinajstić information content (AvgIpc) is 2.39. The molecule has 0 spiro atoms. The first kappa shape index (κ1) is 16.0. The van der Waals surface area contributed by atoms with Crippen molar-refractivity contribution < 1.29 is 9.53 Å². The number of hydrogen-bond donors (Lipinski definition) is 2. The summed E-state index contributed by atoms with van der Waals surface area (Å²) >= 11 is 3.40. The van der Waals surface area contributed by atoms with Crippen LogP contribution in [0.5, 0.6) is 5.75 Å². The molecule has 2 N–H and O–H groups in total. The summed E-state index contributed by atoms with van der Waals surface area (Å²) in [6.45, 7) is 6.01. The summed E-state index contributed by atoms with van der Waals surface area (Å²) in [7, 11) is 0. The van der Waals surface area contributed by atoms with Gasteiger partial charge in [0, 0.05) is 12.6 Å². The molecule has 0 radical (unpaired) electrons. The number of para-hydroxylation sites is 1. The quantitative estimate of drug-likeness (QED) is 0.770. The molecule has 0 aliphatic rings. The van der Waals surface area contributed by atoms with E-state index >= 15 is 0 Å². The Kier molecular flexibility index (Phi) is 7.52. The lowest BCUT2D eigenvalue weighted by molar-refractivity contribution is -0.121. The van der Waals surface area contributed by atoms with Gasteiger partial charge in [-0.15, -0.1) is 0 Å². The molecule has 19 heavy (non-hydrogen) atoms. The first-order valence-electron chi connectivity index (χ1n) is 6.51. The zero-order valence-corrected chi connectivity index (χ0v) is 13.0. The van der Waals surface area contributed by atoms with Crippen molar-refractivity contribution in [3.63, 3.8) is 0 Å². The van der Waals surface area contributed by atoms with Crippen LogP contribution in [-0.4, -0.2) is 31.6 Å². The van der Waals surface area contributed by atoms with Gasteiger partial charge in [0.1, 0.15) is 5.75 Å². The third-order valence-corrected chi connectivity index (χ3v) is 3.24. The van der Waals surface area contributed by atoms with E-state index < -0.39 is 0 Å². The maximum Gasteiger partial charge on any atom is 0.223 e. The standard InChI is InChI=1S/C14H21BrN2O2/c1-3-16-11(2)10-17-14(18)8-9-19-13-7-5-4-6-12(13)15/h4-7,11,16H,3,8-10H2,1-2H3,(H,17,18)/t11-/m1/s1. The molecule has 0 fully saturated rings. The van der Waals surface area contributed by atoms with E-state index in [4.69, 9.17) is 4.74 Å². The van der Waals surface area contributed by atoms with Gasteiger partial charge < -0.3 is 15.4 Å². The molecule has 1 atom stereocenters. The molecule has 0 saturated carbocycles. The lowest BCUT2D eigenvalue weighted by Gasteiger charge is -2.13. The van der Waals surface area contributed by atoms with Crippen LogP contribution in [0.1, 0.15) is 20.3 Å². The van der Waals surface area contributed by atoms with Gasteiger partial charge in [0.25, 0.3) is 0 Å². The van der Waals surface area contributed by atoms with Gasteiger partial charge in [0.05, 0.1) is 17.5 Å². The number of halogens is 1. The minimum atomic E-state index is 0.0109. The monoisotopic (exact) mass is 328 g/mol. The highest BCUT2D eigenvalue weighted by Gasteiger charge is 2.05. The highest BCUT2D eigenvalue weighted by atomic mass is 79.9. The summed E-state index contributed by atoms with van der Waals surface area (Å²) in [5.41, 5.74) is 0. The van der Waals surface area contributed by atoms with E-state index in [1.54, 1.807) is 0 Å². The summed E-state index contributed by atoms with van der Waals surface area (Å²) in [6.07, 6.45) is 0.361. The van der Waals surface area contributed by atoms with Gasteiger partial charge in [0.15, 0.2) is 0 Å². The van der Waals surface area contributed by atoms with Crippen molar-refractivity contribution in [3.05, 3.63) is 28.7 Å². The van der Waals surface area contributed by atoms with Crippen molar-refractivity contribution in [1.82, 2.24) is 10.6 Å². The Morgan fingerprint density at radius 1 is 1.42 bits per heavy atom. The second kappa shape index (κ2) is 8.93. The van der Waals surface area contributed by atoms with Gasteiger partial charge >= 0.3 is 0 Å². The normalized spacial score (nSPS) is 11.9. The fourth-order valence-electron chi connectivity index (χ4n) is 1.59. The van der Waals surface area contributed by atoms with E-state index in [1.165, 1.54) is 0 Å². The molecule has 0 aromatic heterocycles. The van der Waals surface area contributed by atoms with Crippen molar-refractivity contribution in [1.29, 1.82) is 0 Å². The molecule has 1 aromatic rings. The largest absolute Gasteiger partial charge is 0.492 e. The third kappa shape index (κ3) is 6.59. The van der Waals surface area contributed by atoms with E-state index in [-0.39, 0.29) is 11.9 Å². The summed E-state index contributed by atoms with van der Waals surface area (Å²) in [5.74, 6) is 0.771. The number of hydrogen-bond acceptors (Lipinski definition) is 3. The Hall–Kier alpha value is -1.07. The maximum atomic E-state index is 11.6. The van der Waals surface area contributed by atoms with E-state index in [1.807, 2.05) is 38.1 Å². The maximum absolute atomic E-state index is 11.6. The van der Waals surface area contributed by atoms with E-state index in [0.717, 1.165) is 16.8 Å². The first-order chi connectivity index (χ1) is 9.13. The average molecular weight is 329 g/mol. The van der Waals surface area contributed by atoms with Crippen LogP contribution >= 0.6 is 15.9 Å². The van der Waals surface area contributed by atoms with Crippen LogP contribution in [0.2, 0.25) is 0 Å². The van der Waals surface area contributed by atoms with Crippen molar-refractivity contribution in [2.45, 2.75) is 26.3 Å². The van der Waals surface area contributed by atoms with Crippen LogP contribution < -0.4 is 15.4 Å². The number of likely N-dealkylation sites (N-methyl/N-ethyl adjacent to an activating group) is 1.